The van der Waals surface area contributed by atoms with Crippen LogP contribution in [0.1, 0.15) is 40.5 Å². The molecule has 0 saturated carbocycles. The van der Waals surface area contributed by atoms with Crippen molar-refractivity contribution < 1.29 is 9.53 Å². The molecule has 84 valence electrons. The van der Waals surface area contributed by atoms with Gasteiger partial charge in [-0.2, -0.15) is 5.26 Å². The molecule has 0 aliphatic carbocycles. The fourth-order valence-corrected chi connectivity index (χ4v) is 1.69. The first-order chi connectivity index (χ1) is 6.78. The van der Waals surface area contributed by atoms with E-state index in [1.807, 2.05) is 20.8 Å². The van der Waals surface area contributed by atoms with Crippen molar-refractivity contribution in [2.75, 3.05) is 6.54 Å². The van der Waals surface area contributed by atoms with Gasteiger partial charge in [0.25, 0.3) is 0 Å². The standard InChI is InChI=1S/C11H18N2O2/c1-10(2,3)15-9(14)13-7-5-6-11(13,4)8-12/h5-7H2,1-4H3/t11-/m1/s1. The van der Waals surface area contributed by atoms with E-state index in [2.05, 4.69) is 6.07 Å². The summed E-state index contributed by atoms with van der Waals surface area (Å²) < 4.78 is 5.25. The highest BCUT2D eigenvalue weighted by Crippen LogP contribution is 2.29. The van der Waals surface area contributed by atoms with Crippen LogP contribution in [-0.2, 0) is 4.74 Å². The molecule has 1 atom stereocenters. The van der Waals surface area contributed by atoms with Gasteiger partial charge < -0.3 is 4.74 Å². The molecule has 0 N–H and O–H groups in total. The molecule has 1 saturated heterocycles. The lowest BCUT2D eigenvalue weighted by atomic mass is 10.0. The summed E-state index contributed by atoms with van der Waals surface area (Å²) in [6.07, 6.45) is 1.20. The molecule has 1 amide bonds. The number of nitriles is 1. The third kappa shape index (κ3) is 2.62. The first-order valence-electron chi connectivity index (χ1n) is 5.20. The smallest absolute Gasteiger partial charge is 0.411 e. The van der Waals surface area contributed by atoms with E-state index in [0.717, 1.165) is 12.8 Å². The highest BCUT2D eigenvalue weighted by Gasteiger charge is 2.41. The molecule has 0 radical (unpaired) electrons. The van der Waals surface area contributed by atoms with Crippen molar-refractivity contribution in [3.05, 3.63) is 0 Å². The van der Waals surface area contributed by atoms with Crippen LogP contribution in [0.2, 0.25) is 0 Å². The second-order valence-corrected chi connectivity index (χ2v) is 5.12. The Balaban J connectivity index is 2.73. The summed E-state index contributed by atoms with van der Waals surface area (Å²) in [6, 6.07) is 2.18. The largest absolute Gasteiger partial charge is 0.444 e. The van der Waals surface area contributed by atoms with Crippen LogP contribution >= 0.6 is 0 Å². The Labute approximate surface area is 90.8 Å². The van der Waals surface area contributed by atoms with Crippen LogP contribution in [0.15, 0.2) is 0 Å². The van der Waals surface area contributed by atoms with Crippen LogP contribution in [0.3, 0.4) is 0 Å². The van der Waals surface area contributed by atoms with Gasteiger partial charge in [0.15, 0.2) is 0 Å². The van der Waals surface area contributed by atoms with E-state index in [4.69, 9.17) is 10.00 Å². The van der Waals surface area contributed by atoms with Crippen molar-refractivity contribution in [1.29, 1.82) is 5.26 Å². The van der Waals surface area contributed by atoms with Gasteiger partial charge in [0.05, 0.1) is 6.07 Å². The molecule has 0 aromatic carbocycles. The van der Waals surface area contributed by atoms with E-state index in [1.54, 1.807) is 6.92 Å². The summed E-state index contributed by atoms with van der Waals surface area (Å²) in [7, 11) is 0. The van der Waals surface area contributed by atoms with Gasteiger partial charge in [-0.25, -0.2) is 4.79 Å². The van der Waals surface area contributed by atoms with Gasteiger partial charge in [0, 0.05) is 6.54 Å². The van der Waals surface area contributed by atoms with Gasteiger partial charge in [-0.1, -0.05) is 0 Å². The van der Waals surface area contributed by atoms with Gasteiger partial charge in [0.1, 0.15) is 11.1 Å². The Hall–Kier alpha value is -1.24. The molecule has 1 heterocycles. The number of hydrogen-bond acceptors (Lipinski definition) is 3. The molecule has 0 spiro atoms. The van der Waals surface area contributed by atoms with E-state index in [0.29, 0.717) is 6.54 Å². The number of carbonyl (C=O) groups is 1. The van der Waals surface area contributed by atoms with Gasteiger partial charge in [-0.3, -0.25) is 4.90 Å². The predicted molar refractivity (Wildman–Crippen MR) is 56.2 cm³/mol. The van der Waals surface area contributed by atoms with Crippen molar-refractivity contribution >= 4 is 6.09 Å². The Kier molecular flexibility index (Phi) is 2.94. The molecule has 1 aliphatic heterocycles. The summed E-state index contributed by atoms with van der Waals surface area (Å²) in [4.78, 5) is 13.3. The maximum atomic E-state index is 11.8. The molecule has 15 heavy (non-hydrogen) atoms. The van der Waals surface area contributed by atoms with E-state index in [9.17, 15) is 4.79 Å². The molecule has 1 rings (SSSR count). The summed E-state index contributed by atoms with van der Waals surface area (Å²) >= 11 is 0. The topological polar surface area (TPSA) is 53.3 Å². The number of nitrogens with zero attached hydrogens (tertiary/aromatic N) is 2. The maximum absolute atomic E-state index is 11.8. The number of likely N-dealkylation sites (tertiary alicyclic amines) is 1. The molecule has 0 bridgehead atoms. The molecular weight excluding hydrogens is 192 g/mol. The first-order valence-corrected chi connectivity index (χ1v) is 5.20. The highest BCUT2D eigenvalue weighted by molar-refractivity contribution is 5.70. The highest BCUT2D eigenvalue weighted by atomic mass is 16.6. The molecule has 1 fully saturated rings. The lowest BCUT2D eigenvalue weighted by molar-refractivity contribution is 0.0177. The third-order valence-corrected chi connectivity index (χ3v) is 2.50. The number of carbonyl (C=O) groups excluding carboxylic acids is 1. The first kappa shape index (κ1) is 11.8. The van der Waals surface area contributed by atoms with Gasteiger partial charge in [-0.05, 0) is 40.5 Å². The van der Waals surface area contributed by atoms with Crippen molar-refractivity contribution in [1.82, 2.24) is 4.90 Å². The van der Waals surface area contributed by atoms with Crippen LogP contribution < -0.4 is 0 Å². The lowest BCUT2D eigenvalue weighted by Gasteiger charge is -2.31. The molecule has 4 nitrogen and oxygen atoms in total. The Bertz CT molecular complexity index is 301. The van der Waals surface area contributed by atoms with E-state index in [1.165, 1.54) is 4.90 Å². The summed E-state index contributed by atoms with van der Waals surface area (Å²) in [5.41, 5.74) is -1.20. The fraction of sp³-hybridized carbons (Fsp3) is 0.818. The van der Waals surface area contributed by atoms with Crippen LogP contribution in [0.5, 0.6) is 0 Å². The lowest BCUT2D eigenvalue weighted by Crippen LogP contribution is -2.46. The second-order valence-electron chi connectivity index (χ2n) is 5.12. The zero-order chi connectivity index (χ0) is 11.7. The summed E-state index contributed by atoms with van der Waals surface area (Å²) in [5, 5.41) is 9.04. The number of amides is 1. The third-order valence-electron chi connectivity index (χ3n) is 2.50. The minimum absolute atomic E-state index is 0.385. The molecule has 0 aromatic heterocycles. The molecule has 0 aromatic rings. The molecule has 1 aliphatic rings. The monoisotopic (exact) mass is 210 g/mol. The van der Waals surface area contributed by atoms with Crippen LogP contribution in [0.25, 0.3) is 0 Å². The SMILES string of the molecule is CC(C)(C)OC(=O)N1CCC[C@]1(C)C#N. The van der Waals surface area contributed by atoms with Gasteiger partial charge in [0.2, 0.25) is 0 Å². The van der Waals surface area contributed by atoms with Crippen LogP contribution in [-0.4, -0.2) is 28.7 Å². The molecule has 0 unspecified atom stereocenters. The average Bonchev–Trinajstić information content (AvgIpc) is 2.45. The Morgan fingerprint density at radius 1 is 1.53 bits per heavy atom. The second kappa shape index (κ2) is 3.73. The average molecular weight is 210 g/mol. The zero-order valence-corrected chi connectivity index (χ0v) is 9.83. The quantitative estimate of drug-likeness (QED) is 0.616. The van der Waals surface area contributed by atoms with Crippen molar-refractivity contribution in [3.8, 4) is 6.07 Å². The van der Waals surface area contributed by atoms with Crippen molar-refractivity contribution in [2.24, 2.45) is 0 Å². The minimum Gasteiger partial charge on any atom is -0.444 e. The molecule has 4 heteroatoms. The number of rotatable bonds is 0. The van der Waals surface area contributed by atoms with E-state index < -0.39 is 11.1 Å². The van der Waals surface area contributed by atoms with Gasteiger partial charge in [-0.15, -0.1) is 0 Å². The minimum atomic E-state index is -0.692. The number of hydrogen-bond donors (Lipinski definition) is 0. The summed E-state index contributed by atoms with van der Waals surface area (Å²) in [6.45, 7) is 7.86. The normalized spacial score (nSPS) is 26.2. The molecular formula is C11H18N2O2. The van der Waals surface area contributed by atoms with Crippen LogP contribution in [0, 0.1) is 11.3 Å². The maximum Gasteiger partial charge on any atom is 0.411 e. The van der Waals surface area contributed by atoms with E-state index >= 15 is 0 Å². The Morgan fingerprint density at radius 3 is 2.60 bits per heavy atom. The van der Waals surface area contributed by atoms with Gasteiger partial charge >= 0.3 is 6.09 Å². The van der Waals surface area contributed by atoms with Crippen molar-refractivity contribution in [3.63, 3.8) is 0 Å². The fourth-order valence-electron chi connectivity index (χ4n) is 1.69. The Morgan fingerprint density at radius 2 is 2.13 bits per heavy atom. The number of ether oxygens (including phenoxy) is 1. The zero-order valence-electron chi connectivity index (χ0n) is 9.83. The predicted octanol–water partition coefficient (Wildman–Crippen LogP) is 2.30. The van der Waals surface area contributed by atoms with Crippen molar-refractivity contribution in [2.45, 2.75) is 51.7 Å². The van der Waals surface area contributed by atoms with E-state index in [-0.39, 0.29) is 6.09 Å². The van der Waals surface area contributed by atoms with Crippen LogP contribution in [0.4, 0.5) is 4.79 Å². The summed E-state index contributed by atoms with van der Waals surface area (Å²) in [5.74, 6) is 0.